The third-order valence-electron chi connectivity index (χ3n) is 5.18. The third-order valence-corrected chi connectivity index (χ3v) is 5.18. The van der Waals surface area contributed by atoms with E-state index < -0.39 is 72.8 Å². The predicted octanol–water partition coefficient (Wildman–Crippen LogP) is -0.0280. The zero-order valence-corrected chi connectivity index (χ0v) is 23.0. The summed E-state index contributed by atoms with van der Waals surface area (Å²) in [7, 11) is 1.32. The van der Waals surface area contributed by atoms with Crippen LogP contribution in [-0.4, -0.2) is 110 Å². The van der Waals surface area contributed by atoms with Crippen LogP contribution in [0.5, 0.6) is 0 Å². The Morgan fingerprint density at radius 2 is 1.37 bits per heavy atom. The van der Waals surface area contributed by atoms with Crippen LogP contribution in [0.1, 0.15) is 57.5 Å². The average Bonchev–Trinajstić information content (AvgIpc) is 2.79. The number of nitrogens with one attached hydrogen (secondary N) is 1. The van der Waals surface area contributed by atoms with Crippen LogP contribution >= 0.6 is 0 Å². The van der Waals surface area contributed by atoms with Crippen molar-refractivity contribution >= 4 is 18.0 Å². The Labute approximate surface area is 223 Å². The first-order valence-corrected chi connectivity index (χ1v) is 12.2. The lowest BCUT2D eigenvalue weighted by Gasteiger charge is -2.31. The summed E-state index contributed by atoms with van der Waals surface area (Å²) in [5, 5.41) is 51.1. The van der Waals surface area contributed by atoms with Gasteiger partial charge < -0.3 is 45.2 Å². The maximum absolute atomic E-state index is 13.2. The molecule has 5 atom stereocenters. The zero-order valence-electron chi connectivity index (χ0n) is 23.0. The van der Waals surface area contributed by atoms with E-state index in [1.54, 1.807) is 53.7 Å². The molecule has 38 heavy (non-hydrogen) atoms. The lowest BCUT2D eigenvalue weighted by molar-refractivity contribution is -0.139. The average molecular weight is 543 g/mol. The number of hydrogen-bond donors (Lipinski definition) is 6. The zero-order chi connectivity index (χ0) is 29.4. The molecule has 12 heteroatoms. The van der Waals surface area contributed by atoms with E-state index in [4.69, 9.17) is 14.6 Å². The molecule has 0 aliphatic rings. The highest BCUT2D eigenvalue weighted by Crippen LogP contribution is 2.15. The summed E-state index contributed by atoms with van der Waals surface area (Å²) < 4.78 is 10.6. The fourth-order valence-electron chi connectivity index (χ4n) is 3.31. The van der Waals surface area contributed by atoms with Crippen LogP contribution in [0.25, 0.3) is 0 Å². The molecule has 6 N–H and O–H groups in total. The molecule has 12 nitrogen and oxygen atoms in total. The SMILES string of the molecule is CN(C[C@@H](O)[C@H](O)[C@@H](O)[C@@H](O)CO)C(=O)[C@H](Cc1ccc(C(=O)OC(C)(C)C)cc1)NC(=O)OC(C)(C)C. The van der Waals surface area contributed by atoms with Crippen LogP contribution in [0.4, 0.5) is 4.79 Å². The van der Waals surface area contributed by atoms with Gasteiger partial charge in [0.05, 0.1) is 12.2 Å². The van der Waals surface area contributed by atoms with Crippen molar-refractivity contribution in [3.63, 3.8) is 0 Å². The first kappa shape index (κ1) is 33.3. The first-order chi connectivity index (χ1) is 17.3. The molecule has 0 unspecified atom stereocenters. The summed E-state index contributed by atoms with van der Waals surface area (Å²) in [4.78, 5) is 39.0. The van der Waals surface area contributed by atoms with Gasteiger partial charge in [0.2, 0.25) is 5.91 Å². The normalized spacial score (nSPS) is 16.0. The Morgan fingerprint density at radius 3 is 1.84 bits per heavy atom. The van der Waals surface area contributed by atoms with E-state index in [1.807, 2.05) is 0 Å². The number of nitrogens with zero attached hydrogens (tertiary/aromatic N) is 1. The molecule has 0 saturated carbocycles. The molecule has 2 amide bonds. The highest BCUT2D eigenvalue weighted by Gasteiger charge is 2.33. The third kappa shape index (κ3) is 11.3. The van der Waals surface area contributed by atoms with E-state index >= 15 is 0 Å². The van der Waals surface area contributed by atoms with E-state index in [-0.39, 0.29) is 6.42 Å². The fraction of sp³-hybridized carbons (Fsp3) is 0.654. The van der Waals surface area contributed by atoms with Crippen molar-refractivity contribution in [2.45, 2.75) is 89.6 Å². The van der Waals surface area contributed by atoms with Crippen molar-refractivity contribution in [2.75, 3.05) is 20.2 Å². The number of amides is 2. The van der Waals surface area contributed by atoms with Gasteiger partial charge in [-0.2, -0.15) is 0 Å². The standard InChI is InChI=1S/C26H42N2O10/c1-25(2,3)37-23(35)16-10-8-15(9-11-16)12-17(27-24(36)38-26(4,5)6)22(34)28(7)13-18(30)20(32)21(33)19(31)14-29/h8-11,17-21,29-33H,12-14H2,1-7H3,(H,27,36)/t17-,18+,19-,20-,21-/m0/s1. The summed E-state index contributed by atoms with van der Waals surface area (Å²) in [6.45, 7) is 8.94. The summed E-state index contributed by atoms with van der Waals surface area (Å²) in [6.07, 6.45) is -7.91. The predicted molar refractivity (Wildman–Crippen MR) is 137 cm³/mol. The van der Waals surface area contributed by atoms with Gasteiger partial charge in [-0.3, -0.25) is 4.79 Å². The number of carbonyl (C=O) groups is 3. The second-order valence-electron chi connectivity index (χ2n) is 11.1. The first-order valence-electron chi connectivity index (χ1n) is 12.2. The molecule has 1 aromatic rings. The highest BCUT2D eigenvalue weighted by atomic mass is 16.6. The van der Waals surface area contributed by atoms with Gasteiger partial charge in [0, 0.05) is 20.0 Å². The molecule has 0 aliphatic carbocycles. The number of aliphatic hydroxyl groups excluding tert-OH is 5. The maximum atomic E-state index is 13.2. The molecule has 0 fully saturated rings. The maximum Gasteiger partial charge on any atom is 0.408 e. The van der Waals surface area contributed by atoms with Gasteiger partial charge in [-0.05, 0) is 59.2 Å². The van der Waals surface area contributed by atoms with E-state index in [9.17, 15) is 34.8 Å². The Hall–Kier alpha value is -2.77. The smallest absolute Gasteiger partial charge is 0.408 e. The van der Waals surface area contributed by atoms with E-state index in [1.165, 1.54) is 19.2 Å². The van der Waals surface area contributed by atoms with Gasteiger partial charge in [-0.15, -0.1) is 0 Å². The van der Waals surface area contributed by atoms with Crippen LogP contribution in [0.2, 0.25) is 0 Å². The van der Waals surface area contributed by atoms with Crippen molar-refractivity contribution < 1.29 is 49.4 Å². The summed E-state index contributed by atoms with van der Waals surface area (Å²) in [5.41, 5.74) is -0.589. The minimum absolute atomic E-state index is 0.00150. The van der Waals surface area contributed by atoms with Crippen molar-refractivity contribution in [1.82, 2.24) is 10.2 Å². The number of aliphatic hydroxyl groups is 5. The van der Waals surface area contributed by atoms with Gasteiger partial charge in [0.15, 0.2) is 0 Å². The number of hydrogen-bond acceptors (Lipinski definition) is 10. The Balaban J connectivity index is 3.06. The number of carbonyl (C=O) groups excluding carboxylic acids is 3. The number of esters is 1. The van der Waals surface area contributed by atoms with Crippen LogP contribution in [0.3, 0.4) is 0 Å². The molecule has 216 valence electrons. The molecule has 0 heterocycles. The second-order valence-corrected chi connectivity index (χ2v) is 11.1. The monoisotopic (exact) mass is 542 g/mol. The van der Waals surface area contributed by atoms with Crippen LogP contribution in [-0.2, 0) is 20.7 Å². The van der Waals surface area contributed by atoms with E-state index in [0.717, 1.165) is 4.90 Å². The molecular formula is C26H42N2O10. The molecular weight excluding hydrogens is 500 g/mol. The number of ether oxygens (including phenoxy) is 2. The van der Waals surface area contributed by atoms with Gasteiger partial charge in [-0.25, -0.2) is 9.59 Å². The lowest BCUT2D eigenvalue weighted by atomic mass is 10.0. The van der Waals surface area contributed by atoms with Crippen molar-refractivity contribution in [2.24, 2.45) is 0 Å². The quantitative estimate of drug-likeness (QED) is 0.207. The molecule has 0 aliphatic heterocycles. The molecule has 0 bridgehead atoms. The second kappa shape index (κ2) is 13.9. The molecule has 0 spiro atoms. The van der Waals surface area contributed by atoms with E-state index in [2.05, 4.69) is 5.32 Å². The topological polar surface area (TPSA) is 186 Å². The van der Waals surface area contributed by atoms with Gasteiger partial charge in [0.1, 0.15) is 41.7 Å². The van der Waals surface area contributed by atoms with E-state index in [0.29, 0.717) is 11.1 Å². The van der Waals surface area contributed by atoms with Crippen LogP contribution < -0.4 is 5.32 Å². The largest absolute Gasteiger partial charge is 0.456 e. The lowest BCUT2D eigenvalue weighted by Crippen LogP contribution is -2.54. The summed E-state index contributed by atoms with van der Waals surface area (Å²) in [6, 6.07) is 5.15. The van der Waals surface area contributed by atoms with Crippen molar-refractivity contribution in [3.8, 4) is 0 Å². The molecule has 0 aromatic heterocycles. The Kier molecular flexibility index (Phi) is 12.1. The number of rotatable bonds is 11. The minimum Gasteiger partial charge on any atom is -0.456 e. The Bertz CT molecular complexity index is 923. The number of likely N-dealkylation sites (N-methyl/N-ethyl adjacent to an activating group) is 1. The Morgan fingerprint density at radius 1 is 0.868 bits per heavy atom. The molecule has 0 radical (unpaired) electrons. The fourth-order valence-corrected chi connectivity index (χ4v) is 3.31. The minimum atomic E-state index is -1.86. The summed E-state index contributed by atoms with van der Waals surface area (Å²) >= 11 is 0. The number of benzene rings is 1. The summed E-state index contributed by atoms with van der Waals surface area (Å²) in [5.74, 6) is -1.15. The molecule has 1 rings (SSSR count). The van der Waals surface area contributed by atoms with Gasteiger partial charge in [0.25, 0.3) is 0 Å². The number of alkyl carbamates (subject to hydrolysis) is 1. The van der Waals surface area contributed by atoms with Crippen LogP contribution in [0, 0.1) is 0 Å². The van der Waals surface area contributed by atoms with Crippen molar-refractivity contribution in [1.29, 1.82) is 0 Å². The highest BCUT2D eigenvalue weighted by molar-refractivity contribution is 5.90. The van der Waals surface area contributed by atoms with Gasteiger partial charge >= 0.3 is 12.1 Å². The molecule has 1 aromatic carbocycles. The van der Waals surface area contributed by atoms with Gasteiger partial charge in [-0.1, -0.05) is 12.1 Å². The van der Waals surface area contributed by atoms with Crippen LogP contribution in [0.15, 0.2) is 24.3 Å². The van der Waals surface area contributed by atoms with Crippen molar-refractivity contribution in [3.05, 3.63) is 35.4 Å². The molecule has 0 saturated heterocycles.